The highest BCUT2D eigenvalue weighted by Crippen LogP contribution is 2.38. The minimum atomic E-state index is -0.434. The number of benzene rings is 1. The first-order valence-electron chi connectivity index (χ1n) is 6.16. The first-order chi connectivity index (χ1) is 7.83. The van der Waals surface area contributed by atoms with Crippen LogP contribution in [0.5, 0.6) is 5.75 Å². The molecule has 1 aromatic rings. The average Bonchev–Trinajstić information content (AvgIpc) is 2.27. The summed E-state index contributed by atoms with van der Waals surface area (Å²) in [4.78, 5) is 0. The monoisotopic (exact) mass is 236 g/mol. The van der Waals surface area contributed by atoms with Gasteiger partial charge in [0.1, 0.15) is 5.75 Å². The van der Waals surface area contributed by atoms with E-state index in [-0.39, 0.29) is 5.41 Å². The smallest absolute Gasteiger partial charge is 0.124 e. The summed E-state index contributed by atoms with van der Waals surface area (Å²) in [5.41, 5.74) is 3.03. The zero-order chi connectivity index (χ0) is 13.2. The molecule has 0 saturated carbocycles. The molecule has 0 saturated heterocycles. The van der Waals surface area contributed by atoms with Crippen LogP contribution < -0.4 is 4.74 Å². The molecule has 1 aromatic carbocycles. The van der Waals surface area contributed by atoms with E-state index < -0.39 is 6.10 Å². The summed E-state index contributed by atoms with van der Waals surface area (Å²) < 4.78 is 5.34. The molecule has 2 heteroatoms. The number of hydrogen-bond acceptors (Lipinski definition) is 2. The van der Waals surface area contributed by atoms with Crippen LogP contribution in [-0.4, -0.2) is 12.2 Å². The van der Waals surface area contributed by atoms with Crippen molar-refractivity contribution in [2.45, 2.75) is 47.1 Å². The number of aryl methyl sites for hydroxylation is 2. The zero-order valence-corrected chi connectivity index (χ0v) is 11.8. The molecule has 1 atom stereocenters. The minimum absolute atomic E-state index is 0.104. The van der Waals surface area contributed by atoms with Gasteiger partial charge in [-0.2, -0.15) is 0 Å². The molecule has 0 aliphatic heterocycles. The molecular weight excluding hydrogens is 212 g/mol. The zero-order valence-electron chi connectivity index (χ0n) is 11.8. The maximum atomic E-state index is 10.4. The number of methoxy groups -OCH3 is 1. The summed E-state index contributed by atoms with van der Waals surface area (Å²) in [6, 6.07) is 4.04. The van der Waals surface area contributed by atoms with E-state index in [4.69, 9.17) is 4.74 Å². The van der Waals surface area contributed by atoms with Crippen LogP contribution in [-0.2, 0) is 0 Å². The van der Waals surface area contributed by atoms with E-state index in [2.05, 4.69) is 20.8 Å². The van der Waals surface area contributed by atoms with E-state index in [0.717, 1.165) is 28.9 Å². The molecule has 0 aromatic heterocycles. The molecule has 0 aliphatic carbocycles. The van der Waals surface area contributed by atoms with Crippen molar-refractivity contribution in [2.24, 2.45) is 5.41 Å². The molecule has 0 spiro atoms. The Labute approximate surface area is 105 Å². The van der Waals surface area contributed by atoms with Gasteiger partial charge in [0.05, 0.1) is 13.2 Å². The van der Waals surface area contributed by atoms with Gasteiger partial charge < -0.3 is 9.84 Å². The van der Waals surface area contributed by atoms with E-state index >= 15 is 0 Å². The summed E-state index contributed by atoms with van der Waals surface area (Å²) in [6.07, 6.45) is 0.508. The standard InChI is InChI=1S/C15H24O2/c1-7-15(4,5)14(16)12-8-10(2)13(17-6)11(3)9-12/h8-9,14,16H,7H2,1-6H3. The van der Waals surface area contributed by atoms with Crippen molar-refractivity contribution < 1.29 is 9.84 Å². The molecule has 2 nitrogen and oxygen atoms in total. The molecule has 0 radical (unpaired) electrons. The second-order valence-electron chi connectivity index (χ2n) is 5.43. The predicted octanol–water partition coefficient (Wildman–Crippen LogP) is 3.78. The molecule has 96 valence electrons. The molecule has 0 aliphatic rings. The van der Waals surface area contributed by atoms with Crippen LogP contribution in [0.1, 0.15) is 50.0 Å². The SMILES string of the molecule is CCC(C)(C)C(O)c1cc(C)c(OC)c(C)c1. The highest BCUT2D eigenvalue weighted by atomic mass is 16.5. The summed E-state index contributed by atoms with van der Waals surface area (Å²) >= 11 is 0. The largest absolute Gasteiger partial charge is 0.496 e. The van der Waals surface area contributed by atoms with Gasteiger partial charge >= 0.3 is 0 Å². The summed E-state index contributed by atoms with van der Waals surface area (Å²) in [6.45, 7) is 10.3. The molecule has 0 bridgehead atoms. The van der Waals surface area contributed by atoms with Crippen LogP contribution in [0.4, 0.5) is 0 Å². The molecular formula is C15H24O2. The van der Waals surface area contributed by atoms with Gasteiger partial charge in [-0.3, -0.25) is 0 Å². The van der Waals surface area contributed by atoms with Gasteiger partial charge in [0.15, 0.2) is 0 Å². The number of hydrogen-bond donors (Lipinski definition) is 1. The lowest BCUT2D eigenvalue weighted by atomic mass is 9.80. The highest BCUT2D eigenvalue weighted by Gasteiger charge is 2.27. The third-order valence-electron chi connectivity index (χ3n) is 3.65. The van der Waals surface area contributed by atoms with Gasteiger partial charge in [-0.05, 0) is 54.5 Å². The lowest BCUT2D eigenvalue weighted by molar-refractivity contribution is 0.0464. The maximum absolute atomic E-state index is 10.4. The highest BCUT2D eigenvalue weighted by molar-refractivity contribution is 5.44. The van der Waals surface area contributed by atoms with Gasteiger partial charge in [-0.25, -0.2) is 0 Å². The molecule has 1 N–H and O–H groups in total. The molecule has 0 amide bonds. The van der Waals surface area contributed by atoms with Crippen molar-refractivity contribution in [1.29, 1.82) is 0 Å². The van der Waals surface area contributed by atoms with E-state index in [1.165, 1.54) is 0 Å². The van der Waals surface area contributed by atoms with Crippen LogP contribution in [0.15, 0.2) is 12.1 Å². The third kappa shape index (κ3) is 2.81. The van der Waals surface area contributed by atoms with E-state index in [9.17, 15) is 5.11 Å². The third-order valence-corrected chi connectivity index (χ3v) is 3.65. The van der Waals surface area contributed by atoms with Crippen molar-refractivity contribution in [1.82, 2.24) is 0 Å². The topological polar surface area (TPSA) is 29.5 Å². The molecule has 1 rings (SSSR count). The van der Waals surface area contributed by atoms with Gasteiger partial charge in [-0.15, -0.1) is 0 Å². The van der Waals surface area contributed by atoms with Crippen molar-refractivity contribution in [2.75, 3.05) is 7.11 Å². The van der Waals surface area contributed by atoms with Gasteiger partial charge in [0, 0.05) is 0 Å². The Morgan fingerprint density at radius 2 is 1.71 bits per heavy atom. The normalized spacial score (nSPS) is 13.6. The lowest BCUT2D eigenvalue weighted by Crippen LogP contribution is -2.21. The fraction of sp³-hybridized carbons (Fsp3) is 0.600. The van der Waals surface area contributed by atoms with Crippen LogP contribution in [0.2, 0.25) is 0 Å². The first-order valence-corrected chi connectivity index (χ1v) is 6.16. The second kappa shape index (κ2) is 5.09. The van der Waals surface area contributed by atoms with E-state index in [1.54, 1.807) is 7.11 Å². The number of aliphatic hydroxyl groups excluding tert-OH is 1. The van der Waals surface area contributed by atoms with Gasteiger partial charge in [-0.1, -0.05) is 20.8 Å². The Morgan fingerprint density at radius 3 is 2.06 bits per heavy atom. The predicted molar refractivity (Wildman–Crippen MR) is 71.5 cm³/mol. The Balaban J connectivity index is 3.17. The quantitative estimate of drug-likeness (QED) is 0.862. The molecule has 1 unspecified atom stereocenters. The van der Waals surface area contributed by atoms with Gasteiger partial charge in [0.25, 0.3) is 0 Å². The number of ether oxygens (including phenoxy) is 1. The minimum Gasteiger partial charge on any atom is -0.496 e. The molecule has 0 heterocycles. The summed E-state index contributed by atoms with van der Waals surface area (Å²) in [5.74, 6) is 0.912. The fourth-order valence-corrected chi connectivity index (χ4v) is 2.11. The molecule has 17 heavy (non-hydrogen) atoms. The van der Waals surface area contributed by atoms with Crippen molar-refractivity contribution in [3.8, 4) is 5.75 Å². The lowest BCUT2D eigenvalue weighted by Gasteiger charge is -2.30. The van der Waals surface area contributed by atoms with Crippen LogP contribution in [0.3, 0.4) is 0 Å². The Hall–Kier alpha value is -1.02. The second-order valence-corrected chi connectivity index (χ2v) is 5.43. The van der Waals surface area contributed by atoms with Crippen LogP contribution >= 0.6 is 0 Å². The van der Waals surface area contributed by atoms with E-state index in [0.29, 0.717) is 0 Å². The fourth-order valence-electron chi connectivity index (χ4n) is 2.11. The van der Waals surface area contributed by atoms with Crippen molar-refractivity contribution in [3.63, 3.8) is 0 Å². The summed E-state index contributed by atoms with van der Waals surface area (Å²) in [5, 5.41) is 10.4. The number of aliphatic hydroxyl groups is 1. The van der Waals surface area contributed by atoms with Crippen LogP contribution in [0.25, 0.3) is 0 Å². The molecule has 0 fully saturated rings. The average molecular weight is 236 g/mol. The van der Waals surface area contributed by atoms with E-state index in [1.807, 2.05) is 26.0 Å². The van der Waals surface area contributed by atoms with Crippen molar-refractivity contribution in [3.05, 3.63) is 28.8 Å². The number of rotatable bonds is 4. The van der Waals surface area contributed by atoms with Gasteiger partial charge in [0.2, 0.25) is 0 Å². The first kappa shape index (κ1) is 14.0. The maximum Gasteiger partial charge on any atom is 0.124 e. The van der Waals surface area contributed by atoms with Crippen LogP contribution in [0, 0.1) is 19.3 Å². The van der Waals surface area contributed by atoms with Crippen molar-refractivity contribution >= 4 is 0 Å². The Kier molecular flexibility index (Phi) is 4.21. The summed E-state index contributed by atoms with van der Waals surface area (Å²) in [7, 11) is 1.68. The Morgan fingerprint density at radius 1 is 1.24 bits per heavy atom. The Bertz CT molecular complexity index is 371.